The average molecular weight is 437 g/mol. The molecule has 2 aromatic rings. The highest BCUT2D eigenvalue weighted by Crippen LogP contribution is 2.44. The van der Waals surface area contributed by atoms with E-state index in [2.05, 4.69) is 22.8 Å². The van der Waals surface area contributed by atoms with E-state index in [9.17, 15) is 19.5 Å². The Morgan fingerprint density at radius 2 is 1.62 bits per heavy atom. The first-order valence-electron chi connectivity index (χ1n) is 10.9. The first kappa shape index (κ1) is 21.9. The van der Waals surface area contributed by atoms with Gasteiger partial charge in [0.25, 0.3) is 0 Å². The number of alkyl carbamates (subject to hydrolysis) is 1. The summed E-state index contributed by atoms with van der Waals surface area (Å²) in [6, 6.07) is 15.3. The van der Waals surface area contributed by atoms with Crippen molar-refractivity contribution in [2.75, 3.05) is 6.61 Å². The number of aliphatic carboxylic acids is 1. The summed E-state index contributed by atoms with van der Waals surface area (Å²) < 4.78 is 5.49. The minimum absolute atomic E-state index is 0.0639. The van der Waals surface area contributed by atoms with Crippen LogP contribution in [0.3, 0.4) is 0 Å². The summed E-state index contributed by atoms with van der Waals surface area (Å²) >= 11 is 0. The van der Waals surface area contributed by atoms with Crippen molar-refractivity contribution in [3.8, 4) is 11.1 Å². The van der Waals surface area contributed by atoms with Gasteiger partial charge >= 0.3 is 12.1 Å². The molecule has 2 aliphatic carbocycles. The fourth-order valence-corrected chi connectivity index (χ4v) is 4.60. The van der Waals surface area contributed by atoms with Crippen molar-refractivity contribution in [1.82, 2.24) is 10.6 Å². The van der Waals surface area contributed by atoms with Gasteiger partial charge in [-0.15, -0.1) is 0 Å². The van der Waals surface area contributed by atoms with E-state index in [4.69, 9.17) is 4.74 Å². The molecule has 0 aliphatic heterocycles. The molecule has 2 amide bonds. The second-order valence-electron chi connectivity index (χ2n) is 8.94. The molecule has 0 aromatic heterocycles. The van der Waals surface area contributed by atoms with Crippen LogP contribution in [-0.4, -0.2) is 41.3 Å². The van der Waals surface area contributed by atoms with E-state index in [1.165, 1.54) is 0 Å². The molecule has 1 unspecified atom stereocenters. The summed E-state index contributed by atoms with van der Waals surface area (Å²) in [5.41, 5.74) is 3.69. The number of rotatable bonds is 8. The molecule has 2 aliphatic rings. The summed E-state index contributed by atoms with van der Waals surface area (Å²) in [5.74, 6) is -1.30. The molecule has 1 saturated carbocycles. The first-order valence-corrected chi connectivity index (χ1v) is 10.9. The number of benzene rings is 2. The first-order chi connectivity index (χ1) is 15.3. The maximum Gasteiger partial charge on any atom is 0.407 e. The fourth-order valence-electron chi connectivity index (χ4n) is 4.60. The van der Waals surface area contributed by atoms with E-state index < -0.39 is 29.6 Å². The molecule has 2 aromatic carbocycles. The lowest BCUT2D eigenvalue weighted by atomic mass is 9.91. The Bertz CT molecular complexity index is 1000. The molecule has 2 atom stereocenters. The van der Waals surface area contributed by atoms with Crippen LogP contribution in [0.2, 0.25) is 0 Å². The predicted molar refractivity (Wildman–Crippen MR) is 119 cm³/mol. The third-order valence-corrected chi connectivity index (χ3v) is 6.48. The van der Waals surface area contributed by atoms with Crippen molar-refractivity contribution in [2.24, 2.45) is 5.92 Å². The Labute approximate surface area is 187 Å². The second-order valence-corrected chi connectivity index (χ2v) is 8.94. The highest BCUT2D eigenvalue weighted by molar-refractivity contribution is 5.86. The van der Waals surface area contributed by atoms with Gasteiger partial charge in [-0.3, -0.25) is 9.59 Å². The number of fused-ring (bicyclic) bond motifs is 3. The van der Waals surface area contributed by atoms with Gasteiger partial charge < -0.3 is 20.5 Å². The Morgan fingerprint density at radius 1 is 1.06 bits per heavy atom. The Hall–Kier alpha value is -3.35. The zero-order chi connectivity index (χ0) is 22.9. The topological polar surface area (TPSA) is 105 Å². The van der Waals surface area contributed by atoms with E-state index in [1.54, 1.807) is 13.8 Å². The van der Waals surface area contributed by atoms with Crippen LogP contribution in [0.5, 0.6) is 0 Å². The van der Waals surface area contributed by atoms with Crippen molar-refractivity contribution in [3.63, 3.8) is 0 Å². The molecule has 0 radical (unpaired) electrons. The highest BCUT2D eigenvalue weighted by Gasteiger charge is 2.44. The monoisotopic (exact) mass is 436 g/mol. The van der Waals surface area contributed by atoms with E-state index in [0.717, 1.165) is 35.1 Å². The van der Waals surface area contributed by atoms with Crippen LogP contribution in [-0.2, 0) is 14.3 Å². The quantitative estimate of drug-likeness (QED) is 0.586. The Morgan fingerprint density at radius 3 is 2.16 bits per heavy atom. The molecular weight excluding hydrogens is 408 g/mol. The van der Waals surface area contributed by atoms with Crippen molar-refractivity contribution in [1.29, 1.82) is 0 Å². The minimum atomic E-state index is -0.961. The molecule has 4 rings (SSSR count). The molecule has 0 bridgehead atoms. The zero-order valence-electron chi connectivity index (χ0n) is 18.3. The number of carboxylic acids is 1. The minimum Gasteiger partial charge on any atom is -0.481 e. The Balaban J connectivity index is 1.35. The van der Waals surface area contributed by atoms with Crippen LogP contribution in [0.4, 0.5) is 4.79 Å². The van der Waals surface area contributed by atoms with Crippen LogP contribution in [0.25, 0.3) is 11.1 Å². The molecular formula is C25H28N2O5. The number of carbonyl (C=O) groups excluding carboxylic acids is 2. The van der Waals surface area contributed by atoms with Crippen LogP contribution in [0.1, 0.15) is 50.2 Å². The van der Waals surface area contributed by atoms with E-state index in [0.29, 0.717) is 0 Å². The SMILES string of the molecule is C[C@@H](NC(=O)OCC1c2ccccc2-c2ccccc21)C(=O)NC(C)(CC(=O)O)C1CC1. The third-order valence-electron chi connectivity index (χ3n) is 6.48. The average Bonchev–Trinajstić information content (AvgIpc) is 3.56. The molecule has 168 valence electrons. The predicted octanol–water partition coefficient (Wildman–Crippen LogP) is 3.67. The van der Waals surface area contributed by atoms with Crippen molar-refractivity contribution in [3.05, 3.63) is 59.7 Å². The molecule has 0 heterocycles. The molecule has 32 heavy (non-hydrogen) atoms. The van der Waals surface area contributed by atoms with Crippen molar-refractivity contribution < 1.29 is 24.2 Å². The maximum absolute atomic E-state index is 12.6. The summed E-state index contributed by atoms with van der Waals surface area (Å²) in [7, 11) is 0. The van der Waals surface area contributed by atoms with Crippen LogP contribution < -0.4 is 10.6 Å². The Kier molecular flexibility index (Phi) is 5.91. The number of ether oxygens (including phenoxy) is 1. The second kappa shape index (κ2) is 8.65. The smallest absolute Gasteiger partial charge is 0.407 e. The van der Waals surface area contributed by atoms with Gasteiger partial charge in [0, 0.05) is 5.92 Å². The highest BCUT2D eigenvalue weighted by atomic mass is 16.5. The fraction of sp³-hybridized carbons (Fsp3) is 0.400. The van der Waals surface area contributed by atoms with E-state index in [1.807, 2.05) is 36.4 Å². The van der Waals surface area contributed by atoms with Gasteiger partial charge in [-0.1, -0.05) is 48.5 Å². The molecule has 3 N–H and O–H groups in total. The lowest BCUT2D eigenvalue weighted by Crippen LogP contribution is -2.55. The van der Waals surface area contributed by atoms with Crippen molar-refractivity contribution in [2.45, 2.75) is 50.6 Å². The van der Waals surface area contributed by atoms with Gasteiger partial charge in [0.05, 0.1) is 12.0 Å². The summed E-state index contributed by atoms with van der Waals surface area (Å²) in [6.07, 6.45) is 0.943. The van der Waals surface area contributed by atoms with Crippen molar-refractivity contribution >= 4 is 18.0 Å². The summed E-state index contributed by atoms with van der Waals surface area (Å²) in [6.45, 7) is 3.47. The molecule has 1 fully saturated rings. The number of carboxylic acid groups (broad SMARTS) is 1. The maximum atomic E-state index is 12.6. The molecule has 0 spiro atoms. The summed E-state index contributed by atoms with van der Waals surface area (Å²) in [4.78, 5) is 36.3. The third kappa shape index (κ3) is 4.47. The van der Waals surface area contributed by atoms with Crippen LogP contribution in [0.15, 0.2) is 48.5 Å². The van der Waals surface area contributed by atoms with Gasteiger partial charge in [0.1, 0.15) is 12.6 Å². The van der Waals surface area contributed by atoms with Crippen LogP contribution in [0, 0.1) is 5.92 Å². The van der Waals surface area contributed by atoms with Gasteiger partial charge in [-0.05, 0) is 54.9 Å². The van der Waals surface area contributed by atoms with Gasteiger partial charge in [-0.25, -0.2) is 4.79 Å². The summed E-state index contributed by atoms with van der Waals surface area (Å²) in [5, 5.41) is 14.6. The number of hydrogen-bond acceptors (Lipinski definition) is 4. The van der Waals surface area contributed by atoms with Gasteiger partial charge in [-0.2, -0.15) is 0 Å². The van der Waals surface area contributed by atoms with E-state index >= 15 is 0 Å². The normalized spacial score (nSPS) is 17.4. The number of nitrogens with one attached hydrogen (secondary N) is 2. The van der Waals surface area contributed by atoms with Gasteiger partial charge in [0.2, 0.25) is 5.91 Å². The zero-order valence-corrected chi connectivity index (χ0v) is 18.3. The molecule has 7 nitrogen and oxygen atoms in total. The molecule has 0 saturated heterocycles. The number of amides is 2. The van der Waals surface area contributed by atoms with Gasteiger partial charge in [0.15, 0.2) is 0 Å². The standard InChI is InChI=1S/C25H28N2O5/c1-15(23(30)27-25(2,13-22(28)29)16-11-12-16)26-24(31)32-14-21-19-9-5-3-7-17(19)18-8-4-6-10-20(18)21/h3-10,15-16,21H,11-14H2,1-2H3,(H,26,31)(H,27,30)(H,28,29)/t15-,25?/m1/s1. The van der Waals surface area contributed by atoms with Crippen LogP contribution >= 0.6 is 0 Å². The lowest BCUT2D eigenvalue weighted by molar-refractivity contribution is -0.139. The lowest BCUT2D eigenvalue weighted by Gasteiger charge is -2.31. The number of hydrogen-bond donors (Lipinski definition) is 3. The molecule has 7 heteroatoms. The number of carbonyl (C=O) groups is 3. The van der Waals surface area contributed by atoms with E-state index in [-0.39, 0.29) is 24.9 Å². The largest absolute Gasteiger partial charge is 0.481 e.